The molecule has 3 atom stereocenters. The maximum Gasteiger partial charge on any atom is 0.181 e. The number of fused-ring (bicyclic) bond motifs is 2. The SMILES string of the molecule is CC12CCC(C(S(=O)(=O)[O-])C1=O)C2(C)C.CCCCCC(=O)C[S+]1CCCCC1. The van der Waals surface area contributed by atoms with Gasteiger partial charge in [-0.05, 0) is 60.8 Å². The molecule has 0 aromatic heterocycles. The van der Waals surface area contributed by atoms with Gasteiger partial charge in [0, 0.05) is 11.8 Å². The molecule has 7 heteroatoms. The summed E-state index contributed by atoms with van der Waals surface area (Å²) in [7, 11) is -4.02. The van der Waals surface area contributed by atoms with Crippen molar-refractivity contribution in [3.8, 4) is 0 Å². The van der Waals surface area contributed by atoms with E-state index in [1.807, 2.05) is 13.8 Å². The van der Waals surface area contributed by atoms with Gasteiger partial charge < -0.3 is 4.55 Å². The van der Waals surface area contributed by atoms with Crippen molar-refractivity contribution in [1.29, 1.82) is 0 Å². The summed E-state index contributed by atoms with van der Waals surface area (Å²) in [5, 5.41) is -1.30. The number of rotatable bonds is 7. The summed E-state index contributed by atoms with van der Waals surface area (Å²) >= 11 is 0. The molecule has 1 aliphatic heterocycles. The molecule has 0 N–H and O–H groups in total. The fraction of sp³-hybridized carbons (Fsp3) is 0.909. The Labute approximate surface area is 179 Å². The Balaban J connectivity index is 0.000000208. The van der Waals surface area contributed by atoms with E-state index >= 15 is 0 Å². The van der Waals surface area contributed by atoms with E-state index in [0.717, 1.165) is 18.6 Å². The molecule has 0 aromatic rings. The molecule has 29 heavy (non-hydrogen) atoms. The van der Waals surface area contributed by atoms with Gasteiger partial charge in [-0.25, -0.2) is 8.42 Å². The van der Waals surface area contributed by atoms with Crippen LogP contribution in [0.25, 0.3) is 0 Å². The molecule has 3 aliphatic rings. The Hall–Kier alpha value is -0.400. The van der Waals surface area contributed by atoms with Crippen molar-refractivity contribution >= 4 is 32.6 Å². The summed E-state index contributed by atoms with van der Waals surface area (Å²) in [6, 6.07) is 0. The van der Waals surface area contributed by atoms with Crippen LogP contribution in [0.4, 0.5) is 0 Å². The van der Waals surface area contributed by atoms with Crippen molar-refractivity contribution in [1.82, 2.24) is 0 Å². The molecular weight excluding hydrogens is 408 g/mol. The van der Waals surface area contributed by atoms with Crippen LogP contribution in [0.5, 0.6) is 0 Å². The van der Waals surface area contributed by atoms with Gasteiger partial charge in [0.15, 0.2) is 17.3 Å². The lowest BCUT2D eigenvalue weighted by molar-refractivity contribution is -0.128. The van der Waals surface area contributed by atoms with Gasteiger partial charge in [-0.2, -0.15) is 0 Å². The second-order valence-electron chi connectivity index (χ2n) is 9.70. The molecule has 168 valence electrons. The second kappa shape index (κ2) is 9.82. The molecule has 2 bridgehead atoms. The van der Waals surface area contributed by atoms with Crippen molar-refractivity contribution in [3.05, 3.63) is 0 Å². The number of carbonyl (C=O) groups excluding carboxylic acids is 2. The zero-order valence-electron chi connectivity index (χ0n) is 18.5. The first kappa shape index (κ1) is 24.9. The summed E-state index contributed by atoms with van der Waals surface area (Å²) in [4.78, 5) is 23.6. The van der Waals surface area contributed by atoms with Crippen molar-refractivity contribution in [2.45, 2.75) is 90.7 Å². The molecule has 0 spiro atoms. The van der Waals surface area contributed by atoms with E-state index in [1.54, 1.807) is 6.92 Å². The zero-order chi connectivity index (χ0) is 21.9. The number of unbranched alkanes of at least 4 members (excludes halogenated alkanes) is 2. The van der Waals surface area contributed by atoms with Gasteiger partial charge in [0.05, 0.1) is 0 Å². The first-order valence-electron chi connectivity index (χ1n) is 11.1. The minimum absolute atomic E-state index is 0.294. The monoisotopic (exact) mass is 446 g/mol. The second-order valence-corrected chi connectivity index (χ2v) is 13.5. The van der Waals surface area contributed by atoms with Crippen molar-refractivity contribution < 1.29 is 22.6 Å². The third-order valence-corrected chi connectivity index (χ3v) is 11.2. The highest BCUT2D eigenvalue weighted by Gasteiger charge is 2.67. The van der Waals surface area contributed by atoms with Gasteiger partial charge in [0.1, 0.15) is 26.9 Å². The molecule has 0 amide bonds. The highest BCUT2D eigenvalue weighted by molar-refractivity contribution is 7.97. The molecule has 5 nitrogen and oxygen atoms in total. The van der Waals surface area contributed by atoms with Crippen LogP contribution in [-0.4, -0.2) is 47.0 Å². The summed E-state index contributed by atoms with van der Waals surface area (Å²) in [5.74, 6) is 3.45. The summed E-state index contributed by atoms with van der Waals surface area (Å²) < 4.78 is 33.3. The Kier molecular flexibility index (Phi) is 8.42. The molecule has 1 saturated heterocycles. The van der Waals surface area contributed by atoms with Crippen molar-refractivity contribution in [3.63, 3.8) is 0 Å². The Bertz CT molecular complexity index is 694. The zero-order valence-corrected chi connectivity index (χ0v) is 20.1. The molecule has 3 unspecified atom stereocenters. The fourth-order valence-corrected chi connectivity index (χ4v) is 8.96. The van der Waals surface area contributed by atoms with Gasteiger partial charge in [0.2, 0.25) is 0 Å². The van der Waals surface area contributed by atoms with Gasteiger partial charge in [0.25, 0.3) is 0 Å². The van der Waals surface area contributed by atoms with Crippen LogP contribution >= 0.6 is 0 Å². The van der Waals surface area contributed by atoms with Gasteiger partial charge in [-0.15, -0.1) is 0 Å². The minimum atomic E-state index is -4.49. The van der Waals surface area contributed by atoms with E-state index in [1.165, 1.54) is 43.6 Å². The average Bonchev–Trinajstić information content (AvgIpc) is 2.95. The lowest BCUT2D eigenvalue weighted by Gasteiger charge is -2.32. The maximum atomic E-state index is 12.0. The van der Waals surface area contributed by atoms with Gasteiger partial charge in [-0.3, -0.25) is 9.59 Å². The van der Waals surface area contributed by atoms with Crippen LogP contribution in [-0.2, 0) is 30.6 Å². The highest BCUT2D eigenvalue weighted by atomic mass is 32.2. The molecule has 1 heterocycles. The van der Waals surface area contributed by atoms with E-state index in [4.69, 9.17) is 0 Å². The first-order valence-corrected chi connectivity index (χ1v) is 14.3. The number of ketones is 2. The van der Waals surface area contributed by atoms with Gasteiger partial charge in [-0.1, -0.05) is 40.5 Å². The van der Waals surface area contributed by atoms with E-state index in [9.17, 15) is 22.6 Å². The van der Waals surface area contributed by atoms with Crippen LogP contribution in [0.2, 0.25) is 0 Å². The molecule has 3 rings (SSSR count). The number of carbonyl (C=O) groups is 2. The van der Waals surface area contributed by atoms with E-state index in [-0.39, 0.29) is 17.1 Å². The highest BCUT2D eigenvalue weighted by Crippen LogP contribution is 2.64. The minimum Gasteiger partial charge on any atom is -0.747 e. The largest absolute Gasteiger partial charge is 0.747 e. The predicted molar refractivity (Wildman–Crippen MR) is 118 cm³/mol. The lowest BCUT2D eigenvalue weighted by Crippen LogP contribution is -2.38. The van der Waals surface area contributed by atoms with Gasteiger partial charge >= 0.3 is 0 Å². The van der Waals surface area contributed by atoms with Crippen LogP contribution in [0.1, 0.15) is 85.5 Å². The van der Waals surface area contributed by atoms with E-state index < -0.39 is 20.8 Å². The topological polar surface area (TPSA) is 91.3 Å². The first-order chi connectivity index (χ1) is 13.4. The number of Topliss-reactive ketones (excluding diaryl/α,β-unsaturated/α-hetero) is 2. The fourth-order valence-electron chi connectivity index (χ4n) is 5.24. The molecule has 2 aliphatic carbocycles. The Morgan fingerprint density at radius 3 is 2.21 bits per heavy atom. The number of hydrogen-bond acceptors (Lipinski definition) is 5. The van der Waals surface area contributed by atoms with E-state index in [0.29, 0.717) is 29.5 Å². The molecule has 2 saturated carbocycles. The third kappa shape index (κ3) is 5.45. The summed E-state index contributed by atoms with van der Waals surface area (Å²) in [6.07, 6.45) is 9.91. The van der Waals surface area contributed by atoms with Crippen LogP contribution < -0.4 is 0 Å². The molecule has 0 radical (unpaired) electrons. The third-order valence-electron chi connectivity index (χ3n) is 7.57. The quantitative estimate of drug-likeness (QED) is 0.336. The predicted octanol–water partition coefficient (Wildman–Crippen LogP) is 3.86. The summed E-state index contributed by atoms with van der Waals surface area (Å²) in [6.45, 7) is 7.77. The maximum absolute atomic E-state index is 12.0. The smallest absolute Gasteiger partial charge is 0.181 e. The summed E-state index contributed by atoms with van der Waals surface area (Å²) in [5.41, 5.74) is -0.994. The van der Waals surface area contributed by atoms with Crippen molar-refractivity contribution in [2.24, 2.45) is 16.7 Å². The molecule has 0 aromatic carbocycles. The standard InChI is InChI=1S/C12H23OS.C10H16O4S/c1-2-3-5-8-12(13)11-14-9-6-4-7-10-14;1-9(2)6-4-5-10(9,3)8(11)7(6)15(12,13)14/h2-11H2,1H3;6-7H,4-5H2,1-3H3,(H,12,13,14)/q+1;/p-1. The average molecular weight is 447 g/mol. The Morgan fingerprint density at radius 2 is 1.76 bits per heavy atom. The van der Waals surface area contributed by atoms with Crippen LogP contribution in [0, 0.1) is 16.7 Å². The van der Waals surface area contributed by atoms with Crippen LogP contribution in [0.3, 0.4) is 0 Å². The Morgan fingerprint density at radius 1 is 1.14 bits per heavy atom. The molecular formula is C22H38O5S2. The number of hydrogen-bond donors (Lipinski definition) is 0. The lowest BCUT2D eigenvalue weighted by atomic mass is 9.70. The molecule has 3 fully saturated rings. The normalized spacial score (nSPS) is 31.4. The van der Waals surface area contributed by atoms with E-state index in [2.05, 4.69) is 6.92 Å². The van der Waals surface area contributed by atoms with Crippen LogP contribution in [0.15, 0.2) is 0 Å². The van der Waals surface area contributed by atoms with Crippen molar-refractivity contribution in [2.75, 3.05) is 17.3 Å².